The molecule has 0 spiro atoms. The van der Waals surface area contributed by atoms with Crippen LogP contribution < -0.4 is 25.4 Å². The summed E-state index contributed by atoms with van der Waals surface area (Å²) in [6.07, 6.45) is 3.63. The van der Waals surface area contributed by atoms with Gasteiger partial charge in [0.25, 0.3) is 11.5 Å². The second-order valence-corrected chi connectivity index (χ2v) is 13.3. The summed E-state index contributed by atoms with van der Waals surface area (Å²) < 4.78 is 27.0. The molecule has 2 N–H and O–H groups in total. The Bertz CT molecular complexity index is 1920. The maximum absolute atomic E-state index is 13.7. The lowest BCUT2D eigenvalue weighted by Gasteiger charge is -2.36. The molecular formula is C29H31ClN8O4S. The lowest BCUT2D eigenvalue weighted by atomic mass is 10.0. The average Bonchev–Trinajstić information content (AvgIpc) is 3.57. The van der Waals surface area contributed by atoms with Crippen molar-refractivity contribution in [3.63, 3.8) is 0 Å². The van der Waals surface area contributed by atoms with E-state index in [1.807, 2.05) is 48.9 Å². The summed E-state index contributed by atoms with van der Waals surface area (Å²) in [6, 6.07) is 12.8. The molecule has 12 nitrogen and oxygen atoms in total. The van der Waals surface area contributed by atoms with Gasteiger partial charge in [0.1, 0.15) is 11.0 Å². The van der Waals surface area contributed by atoms with E-state index in [1.165, 1.54) is 6.07 Å². The quantitative estimate of drug-likeness (QED) is 0.295. The van der Waals surface area contributed by atoms with Gasteiger partial charge in [0, 0.05) is 31.9 Å². The van der Waals surface area contributed by atoms with Crippen molar-refractivity contribution in [1.82, 2.24) is 24.2 Å². The molecule has 2 aliphatic rings. The lowest BCUT2D eigenvalue weighted by molar-refractivity contribution is 0.0977. The van der Waals surface area contributed by atoms with Crippen molar-refractivity contribution in [3.05, 3.63) is 81.0 Å². The highest BCUT2D eigenvalue weighted by Crippen LogP contribution is 2.37. The number of sulfonamides is 1. The zero-order valence-electron chi connectivity index (χ0n) is 24.1. The van der Waals surface area contributed by atoms with Crippen LogP contribution in [0.4, 0.5) is 17.5 Å². The Labute approximate surface area is 253 Å². The summed E-state index contributed by atoms with van der Waals surface area (Å²) in [4.78, 5) is 44.7. The van der Waals surface area contributed by atoms with Gasteiger partial charge in [0.05, 0.1) is 41.0 Å². The number of nitrogens with zero attached hydrogens (tertiary/aromatic N) is 6. The number of aryl methyl sites for hydroxylation is 1. The van der Waals surface area contributed by atoms with Gasteiger partial charge in [-0.25, -0.2) is 28.1 Å². The summed E-state index contributed by atoms with van der Waals surface area (Å²) in [5.41, 5.74) is 2.14. The standard InChI is InChI=1S/C29H31ClN8O4S/c1-16-11-20(17(2)32-22-8-9-23(30)33-26(22)27(39)35-43(4,41)42)25-21(12-16)28(40)36(3)29(34-25)38-15-18-13-19(38)14-37(18)24-7-5-6-10-31-24/h5-12,17-19,32H,13-15H2,1-4H3,(H,35,39)/t17-,18-,19-/m1/s1. The average molecular weight is 623 g/mol. The van der Waals surface area contributed by atoms with Crippen LogP contribution in [0.2, 0.25) is 5.15 Å². The number of nitrogens with one attached hydrogen (secondary N) is 2. The Balaban J connectivity index is 1.36. The highest BCUT2D eigenvalue weighted by Gasteiger charge is 2.45. The second-order valence-electron chi connectivity index (χ2n) is 11.2. The Kier molecular flexibility index (Phi) is 7.25. The van der Waals surface area contributed by atoms with Crippen molar-refractivity contribution in [2.75, 3.05) is 34.5 Å². The van der Waals surface area contributed by atoms with Crippen molar-refractivity contribution < 1.29 is 13.2 Å². The summed E-state index contributed by atoms with van der Waals surface area (Å²) in [5.74, 6) is 0.644. The number of rotatable bonds is 7. The molecule has 2 fully saturated rings. The zero-order valence-corrected chi connectivity index (χ0v) is 25.6. The van der Waals surface area contributed by atoms with Gasteiger partial charge in [0.2, 0.25) is 16.0 Å². The summed E-state index contributed by atoms with van der Waals surface area (Å²) in [5, 5.41) is 3.78. The number of carbonyl (C=O) groups excluding carboxylic acids is 1. The minimum Gasteiger partial charge on any atom is -0.377 e. The molecule has 6 rings (SSSR count). The largest absolute Gasteiger partial charge is 0.377 e. The number of anilines is 3. The Morgan fingerprint density at radius 2 is 1.84 bits per heavy atom. The number of halogens is 1. The SMILES string of the molecule is Cc1cc([C@@H](C)Nc2ccc(Cl)nc2C(=O)NS(C)(=O)=O)c2nc(N3C[C@H]4C[C@@H]3CN4c3ccccn3)n(C)c(=O)c2c1. The van der Waals surface area contributed by atoms with Crippen molar-refractivity contribution >= 4 is 55.9 Å². The summed E-state index contributed by atoms with van der Waals surface area (Å²) in [6.45, 7) is 5.29. The number of hydrogen-bond donors (Lipinski definition) is 2. The number of carbonyl (C=O) groups is 1. The van der Waals surface area contributed by atoms with Gasteiger partial charge in [-0.05, 0) is 56.2 Å². The van der Waals surface area contributed by atoms with Gasteiger partial charge in [0.15, 0.2) is 5.69 Å². The lowest BCUT2D eigenvalue weighted by Crippen LogP contribution is -2.48. The molecule has 2 bridgehead atoms. The van der Waals surface area contributed by atoms with Crippen molar-refractivity contribution in [1.29, 1.82) is 0 Å². The van der Waals surface area contributed by atoms with E-state index in [0.717, 1.165) is 42.7 Å². The maximum atomic E-state index is 13.7. The third kappa shape index (κ3) is 5.50. The monoisotopic (exact) mass is 622 g/mol. The predicted molar refractivity (Wildman–Crippen MR) is 166 cm³/mol. The highest BCUT2D eigenvalue weighted by molar-refractivity contribution is 7.89. The summed E-state index contributed by atoms with van der Waals surface area (Å²) in [7, 11) is -2.08. The van der Waals surface area contributed by atoms with Crippen molar-refractivity contribution in [2.24, 2.45) is 7.05 Å². The molecule has 0 aliphatic carbocycles. The third-order valence-electron chi connectivity index (χ3n) is 7.96. The van der Waals surface area contributed by atoms with Crippen LogP contribution in [-0.2, 0) is 17.1 Å². The number of aromatic nitrogens is 4. The second kappa shape index (κ2) is 10.8. The molecule has 3 atom stereocenters. The first-order valence-electron chi connectivity index (χ1n) is 13.8. The number of piperazine rings is 1. The van der Waals surface area contributed by atoms with Crippen molar-refractivity contribution in [3.8, 4) is 0 Å². The molecule has 5 heterocycles. The van der Waals surface area contributed by atoms with Crippen LogP contribution in [0.5, 0.6) is 0 Å². The van der Waals surface area contributed by atoms with E-state index in [4.69, 9.17) is 16.6 Å². The van der Waals surface area contributed by atoms with Crippen LogP contribution in [0.25, 0.3) is 10.9 Å². The van der Waals surface area contributed by atoms with E-state index in [1.54, 1.807) is 23.9 Å². The molecule has 4 aromatic rings. The first kappa shape index (κ1) is 28.9. The molecule has 0 unspecified atom stereocenters. The van der Waals surface area contributed by atoms with Gasteiger partial charge < -0.3 is 15.1 Å². The molecule has 2 saturated heterocycles. The molecule has 2 aliphatic heterocycles. The summed E-state index contributed by atoms with van der Waals surface area (Å²) >= 11 is 6.04. The van der Waals surface area contributed by atoms with E-state index in [0.29, 0.717) is 16.9 Å². The molecule has 14 heteroatoms. The number of amides is 1. The van der Waals surface area contributed by atoms with Gasteiger partial charge >= 0.3 is 0 Å². The van der Waals surface area contributed by atoms with E-state index in [-0.39, 0.29) is 34.2 Å². The number of hydrogen-bond acceptors (Lipinski definition) is 10. The third-order valence-corrected chi connectivity index (χ3v) is 8.73. The predicted octanol–water partition coefficient (Wildman–Crippen LogP) is 3.02. The Morgan fingerprint density at radius 3 is 2.51 bits per heavy atom. The zero-order chi connectivity index (χ0) is 30.6. The van der Waals surface area contributed by atoms with Crippen LogP contribution in [0.3, 0.4) is 0 Å². The molecule has 3 aromatic heterocycles. The molecule has 0 radical (unpaired) electrons. The first-order chi connectivity index (χ1) is 20.4. The van der Waals surface area contributed by atoms with Gasteiger partial charge in [-0.15, -0.1) is 0 Å². The van der Waals surface area contributed by atoms with E-state index >= 15 is 0 Å². The normalized spacial score (nSPS) is 18.7. The fourth-order valence-electron chi connectivity index (χ4n) is 6.10. The Morgan fingerprint density at radius 1 is 1.09 bits per heavy atom. The topological polar surface area (TPSA) is 142 Å². The highest BCUT2D eigenvalue weighted by atomic mass is 35.5. The fraction of sp³-hybridized carbons (Fsp3) is 0.345. The van der Waals surface area contributed by atoms with Gasteiger partial charge in [-0.1, -0.05) is 23.7 Å². The minimum absolute atomic E-state index is 0.0363. The minimum atomic E-state index is -3.83. The van der Waals surface area contributed by atoms with Crippen LogP contribution in [-0.4, -0.2) is 65.3 Å². The molecular weight excluding hydrogens is 592 g/mol. The smallest absolute Gasteiger partial charge is 0.285 e. The first-order valence-corrected chi connectivity index (χ1v) is 16.1. The van der Waals surface area contributed by atoms with E-state index in [2.05, 4.69) is 25.1 Å². The van der Waals surface area contributed by atoms with E-state index < -0.39 is 22.0 Å². The van der Waals surface area contributed by atoms with Crippen LogP contribution >= 0.6 is 11.6 Å². The van der Waals surface area contributed by atoms with E-state index in [9.17, 15) is 18.0 Å². The number of benzene rings is 1. The Hall–Kier alpha value is -4.23. The molecule has 0 saturated carbocycles. The molecule has 1 amide bonds. The molecule has 43 heavy (non-hydrogen) atoms. The number of pyridine rings is 2. The van der Waals surface area contributed by atoms with Crippen LogP contribution in [0, 0.1) is 6.92 Å². The van der Waals surface area contributed by atoms with Crippen LogP contribution in [0.15, 0.2) is 53.5 Å². The maximum Gasteiger partial charge on any atom is 0.285 e. The molecule has 224 valence electrons. The van der Waals surface area contributed by atoms with Crippen LogP contribution in [0.1, 0.15) is 41.0 Å². The fourth-order valence-corrected chi connectivity index (χ4v) is 6.68. The number of fused-ring (bicyclic) bond motifs is 3. The van der Waals surface area contributed by atoms with Gasteiger partial charge in [-0.3, -0.25) is 14.2 Å². The molecule has 1 aromatic carbocycles. The van der Waals surface area contributed by atoms with Crippen molar-refractivity contribution in [2.45, 2.75) is 38.4 Å². The van der Waals surface area contributed by atoms with Gasteiger partial charge in [-0.2, -0.15) is 0 Å².